The Morgan fingerprint density at radius 1 is 1.21 bits per heavy atom. The van der Waals surface area contributed by atoms with Gasteiger partial charge in [0, 0.05) is 18.7 Å². The maximum atomic E-state index is 5.53. The van der Waals surface area contributed by atoms with Gasteiger partial charge in [0.05, 0.1) is 6.61 Å². The lowest BCUT2D eigenvalue weighted by molar-refractivity contribution is 0.118. The molecular weight excluding hydrogens is 242 g/mol. The number of anilines is 2. The number of hydrogen-bond donors (Lipinski definition) is 3. The summed E-state index contributed by atoms with van der Waals surface area (Å²) in [5.41, 5.74) is 3.61. The molecule has 108 valence electrons. The Bertz CT molecular complexity index is 381. The largest absolute Gasteiger partial charge is 0.379 e. The second-order valence-corrected chi connectivity index (χ2v) is 5.18. The van der Waals surface area contributed by atoms with Crippen LogP contribution in [0.5, 0.6) is 0 Å². The first-order valence-corrected chi connectivity index (χ1v) is 6.69. The van der Waals surface area contributed by atoms with Crippen molar-refractivity contribution in [1.82, 2.24) is 9.97 Å². The fourth-order valence-electron chi connectivity index (χ4n) is 1.76. The standard InChI is InChI=1S/C13H25N5O/c1-9(2)7-19-6-5-15-12-11(10(3)4)13(18-14)17-8-16-12/h8-10H,5-7,14H2,1-4H3,(H2,15,16,17,18). The zero-order chi connectivity index (χ0) is 14.3. The molecular formula is C13H25N5O. The van der Waals surface area contributed by atoms with Gasteiger partial charge in [0.25, 0.3) is 0 Å². The molecule has 1 heterocycles. The normalized spacial score (nSPS) is 11.1. The van der Waals surface area contributed by atoms with Gasteiger partial charge in [-0.2, -0.15) is 0 Å². The molecule has 6 heteroatoms. The van der Waals surface area contributed by atoms with Crippen LogP contribution < -0.4 is 16.6 Å². The number of nitrogens with zero attached hydrogens (tertiary/aromatic N) is 2. The van der Waals surface area contributed by atoms with Gasteiger partial charge < -0.3 is 15.5 Å². The van der Waals surface area contributed by atoms with Gasteiger partial charge in [-0.25, -0.2) is 15.8 Å². The number of nitrogens with two attached hydrogens (primary N) is 1. The van der Waals surface area contributed by atoms with E-state index in [1.165, 1.54) is 6.33 Å². The first-order valence-electron chi connectivity index (χ1n) is 6.69. The van der Waals surface area contributed by atoms with Crippen molar-refractivity contribution >= 4 is 11.6 Å². The van der Waals surface area contributed by atoms with Crippen LogP contribution in [0.3, 0.4) is 0 Å². The Balaban J connectivity index is 2.58. The predicted molar refractivity (Wildman–Crippen MR) is 78.1 cm³/mol. The van der Waals surface area contributed by atoms with Crippen molar-refractivity contribution in [2.24, 2.45) is 11.8 Å². The number of nitrogen functional groups attached to an aromatic ring is 1. The monoisotopic (exact) mass is 267 g/mol. The summed E-state index contributed by atoms with van der Waals surface area (Å²) in [5.74, 6) is 7.79. The highest BCUT2D eigenvalue weighted by Crippen LogP contribution is 2.27. The van der Waals surface area contributed by atoms with Crippen LogP contribution in [0, 0.1) is 5.92 Å². The SMILES string of the molecule is CC(C)COCCNc1ncnc(NN)c1C(C)C. The van der Waals surface area contributed by atoms with Crippen molar-refractivity contribution < 1.29 is 4.74 Å². The van der Waals surface area contributed by atoms with Crippen molar-refractivity contribution in [2.45, 2.75) is 33.6 Å². The Kier molecular flexibility index (Phi) is 6.52. The summed E-state index contributed by atoms with van der Waals surface area (Å²) < 4.78 is 5.53. The fraction of sp³-hybridized carbons (Fsp3) is 0.692. The van der Waals surface area contributed by atoms with Crippen LogP contribution >= 0.6 is 0 Å². The summed E-state index contributed by atoms with van der Waals surface area (Å²) in [6.07, 6.45) is 1.50. The van der Waals surface area contributed by atoms with Crippen LogP contribution in [0.1, 0.15) is 39.2 Å². The van der Waals surface area contributed by atoms with Gasteiger partial charge >= 0.3 is 0 Å². The van der Waals surface area contributed by atoms with Crippen LogP contribution in [0.4, 0.5) is 11.6 Å². The van der Waals surface area contributed by atoms with Gasteiger partial charge in [-0.3, -0.25) is 0 Å². The molecule has 19 heavy (non-hydrogen) atoms. The summed E-state index contributed by atoms with van der Waals surface area (Å²) in [6.45, 7) is 10.6. The van der Waals surface area contributed by atoms with Gasteiger partial charge in [-0.05, 0) is 11.8 Å². The van der Waals surface area contributed by atoms with Gasteiger partial charge in [0.2, 0.25) is 0 Å². The Morgan fingerprint density at radius 3 is 2.47 bits per heavy atom. The first-order chi connectivity index (χ1) is 9.06. The lowest BCUT2D eigenvalue weighted by Gasteiger charge is -2.16. The molecule has 1 aromatic heterocycles. The molecule has 0 atom stereocenters. The van der Waals surface area contributed by atoms with Crippen molar-refractivity contribution in [3.63, 3.8) is 0 Å². The highest BCUT2D eigenvalue weighted by molar-refractivity contribution is 5.58. The molecule has 0 spiro atoms. The summed E-state index contributed by atoms with van der Waals surface area (Å²) in [6, 6.07) is 0. The molecule has 0 saturated carbocycles. The minimum absolute atomic E-state index is 0.284. The van der Waals surface area contributed by atoms with E-state index in [1.54, 1.807) is 0 Å². The first kappa shape index (κ1) is 15.7. The number of nitrogens with one attached hydrogen (secondary N) is 2. The van der Waals surface area contributed by atoms with E-state index in [0.29, 0.717) is 24.9 Å². The average Bonchev–Trinajstić information content (AvgIpc) is 2.37. The Morgan fingerprint density at radius 2 is 1.89 bits per heavy atom. The van der Waals surface area contributed by atoms with Crippen LogP contribution in [0.2, 0.25) is 0 Å². The molecule has 0 unspecified atom stereocenters. The van der Waals surface area contributed by atoms with E-state index >= 15 is 0 Å². The smallest absolute Gasteiger partial charge is 0.148 e. The lowest BCUT2D eigenvalue weighted by Crippen LogP contribution is -2.17. The van der Waals surface area contributed by atoms with E-state index in [1.807, 2.05) is 0 Å². The fourth-order valence-corrected chi connectivity index (χ4v) is 1.76. The molecule has 1 rings (SSSR count). The maximum Gasteiger partial charge on any atom is 0.148 e. The molecule has 0 aliphatic rings. The minimum atomic E-state index is 0.284. The number of aromatic nitrogens is 2. The number of hydrogen-bond acceptors (Lipinski definition) is 6. The summed E-state index contributed by atoms with van der Waals surface area (Å²) in [7, 11) is 0. The molecule has 0 aromatic carbocycles. The molecule has 0 saturated heterocycles. The molecule has 0 amide bonds. The van der Waals surface area contributed by atoms with E-state index in [0.717, 1.165) is 18.0 Å². The van der Waals surface area contributed by atoms with Crippen molar-refractivity contribution in [2.75, 3.05) is 30.5 Å². The van der Waals surface area contributed by atoms with Crippen molar-refractivity contribution in [3.8, 4) is 0 Å². The quantitative estimate of drug-likeness (QED) is 0.379. The van der Waals surface area contributed by atoms with Crippen LogP contribution in [0.15, 0.2) is 6.33 Å². The van der Waals surface area contributed by atoms with Crippen LogP contribution in [-0.2, 0) is 4.74 Å². The zero-order valence-electron chi connectivity index (χ0n) is 12.2. The number of hydrazine groups is 1. The molecule has 0 aliphatic carbocycles. The van der Waals surface area contributed by atoms with E-state index in [9.17, 15) is 0 Å². The summed E-state index contributed by atoms with van der Waals surface area (Å²) in [4.78, 5) is 8.40. The lowest BCUT2D eigenvalue weighted by atomic mass is 10.0. The van der Waals surface area contributed by atoms with Crippen LogP contribution in [0.25, 0.3) is 0 Å². The van der Waals surface area contributed by atoms with Crippen molar-refractivity contribution in [3.05, 3.63) is 11.9 Å². The minimum Gasteiger partial charge on any atom is -0.379 e. The number of ether oxygens (including phenoxy) is 1. The molecule has 0 fully saturated rings. The van der Waals surface area contributed by atoms with Gasteiger partial charge in [-0.15, -0.1) is 0 Å². The summed E-state index contributed by atoms with van der Waals surface area (Å²) in [5, 5.41) is 3.27. The topological polar surface area (TPSA) is 85.1 Å². The van der Waals surface area contributed by atoms with Gasteiger partial charge in [0.15, 0.2) is 0 Å². The van der Waals surface area contributed by atoms with E-state index in [4.69, 9.17) is 10.6 Å². The molecule has 0 radical (unpaired) electrons. The van der Waals surface area contributed by atoms with Crippen molar-refractivity contribution in [1.29, 1.82) is 0 Å². The maximum absolute atomic E-state index is 5.53. The Labute approximate surface area is 115 Å². The number of rotatable bonds is 8. The van der Waals surface area contributed by atoms with E-state index in [-0.39, 0.29) is 5.92 Å². The Hall–Kier alpha value is -1.40. The summed E-state index contributed by atoms with van der Waals surface area (Å²) >= 11 is 0. The third kappa shape index (κ3) is 5.00. The highest BCUT2D eigenvalue weighted by atomic mass is 16.5. The van der Waals surface area contributed by atoms with E-state index < -0.39 is 0 Å². The molecule has 0 aliphatic heterocycles. The second-order valence-electron chi connectivity index (χ2n) is 5.18. The van der Waals surface area contributed by atoms with Gasteiger partial charge in [-0.1, -0.05) is 27.7 Å². The molecule has 4 N–H and O–H groups in total. The molecule has 1 aromatic rings. The third-order valence-electron chi connectivity index (χ3n) is 2.59. The zero-order valence-corrected chi connectivity index (χ0v) is 12.2. The molecule has 6 nitrogen and oxygen atoms in total. The van der Waals surface area contributed by atoms with Gasteiger partial charge in [0.1, 0.15) is 18.0 Å². The second kappa shape index (κ2) is 7.91. The predicted octanol–water partition coefficient (Wildman–Crippen LogP) is 1.97. The third-order valence-corrected chi connectivity index (χ3v) is 2.59. The average molecular weight is 267 g/mol. The van der Waals surface area contributed by atoms with E-state index in [2.05, 4.69) is 48.4 Å². The van der Waals surface area contributed by atoms with Crippen LogP contribution in [-0.4, -0.2) is 29.7 Å². The molecule has 0 bridgehead atoms. The highest BCUT2D eigenvalue weighted by Gasteiger charge is 2.13.